The van der Waals surface area contributed by atoms with Gasteiger partial charge in [-0.2, -0.15) is 5.26 Å². The molecule has 1 N–H and O–H groups in total. The van der Waals surface area contributed by atoms with E-state index in [-0.39, 0.29) is 18.6 Å². The summed E-state index contributed by atoms with van der Waals surface area (Å²) in [5, 5.41) is 17.9. The van der Waals surface area contributed by atoms with E-state index >= 15 is 0 Å². The molecule has 1 aromatic carbocycles. The Labute approximate surface area is 118 Å². The second-order valence-corrected chi connectivity index (χ2v) is 4.91. The highest BCUT2D eigenvalue weighted by atomic mass is 16.3. The molecule has 1 aliphatic rings. The lowest BCUT2D eigenvalue weighted by Gasteiger charge is -2.36. The standard InChI is InChI=1S/C16H18N2O2/c17-12-14-4-1-3-13(11-14)7-8-16(20)18(9-10-19)15-5-2-6-15/h1,3-4,7-8,11,15,19H,2,5-6,9-10H2/b8-7+. The number of benzene rings is 1. The van der Waals surface area contributed by atoms with Gasteiger partial charge in [0.25, 0.3) is 0 Å². The topological polar surface area (TPSA) is 64.3 Å². The number of nitrogens with zero attached hydrogens (tertiary/aromatic N) is 2. The molecule has 0 spiro atoms. The first-order chi connectivity index (χ1) is 9.74. The zero-order chi connectivity index (χ0) is 14.4. The minimum atomic E-state index is -0.0777. The lowest BCUT2D eigenvalue weighted by molar-refractivity contribution is -0.130. The fourth-order valence-electron chi connectivity index (χ4n) is 2.25. The summed E-state index contributed by atoms with van der Waals surface area (Å²) >= 11 is 0. The van der Waals surface area contributed by atoms with Crippen molar-refractivity contribution in [1.82, 2.24) is 4.90 Å². The van der Waals surface area contributed by atoms with Crippen LogP contribution in [0.5, 0.6) is 0 Å². The summed E-state index contributed by atoms with van der Waals surface area (Å²) in [6.07, 6.45) is 6.41. The first-order valence-corrected chi connectivity index (χ1v) is 6.84. The van der Waals surface area contributed by atoms with Gasteiger partial charge in [-0.25, -0.2) is 0 Å². The van der Waals surface area contributed by atoms with E-state index in [4.69, 9.17) is 10.4 Å². The summed E-state index contributed by atoms with van der Waals surface area (Å²) in [5.74, 6) is -0.0777. The van der Waals surface area contributed by atoms with Crippen molar-refractivity contribution in [2.45, 2.75) is 25.3 Å². The lowest BCUT2D eigenvalue weighted by atomic mass is 9.91. The summed E-state index contributed by atoms with van der Waals surface area (Å²) in [7, 11) is 0. The number of rotatable bonds is 5. The Bertz CT molecular complexity index is 542. The van der Waals surface area contributed by atoms with Gasteiger partial charge in [0.1, 0.15) is 0 Å². The number of carbonyl (C=O) groups is 1. The monoisotopic (exact) mass is 270 g/mol. The first kappa shape index (κ1) is 14.3. The quantitative estimate of drug-likeness (QED) is 0.832. The van der Waals surface area contributed by atoms with Gasteiger partial charge in [0.15, 0.2) is 0 Å². The van der Waals surface area contributed by atoms with Gasteiger partial charge in [-0.05, 0) is 43.0 Å². The van der Waals surface area contributed by atoms with Gasteiger partial charge in [-0.3, -0.25) is 4.79 Å². The second-order valence-electron chi connectivity index (χ2n) is 4.91. The molecule has 1 fully saturated rings. The van der Waals surface area contributed by atoms with Gasteiger partial charge in [-0.15, -0.1) is 0 Å². The van der Waals surface area contributed by atoms with E-state index in [1.54, 1.807) is 29.2 Å². The molecule has 4 heteroatoms. The van der Waals surface area contributed by atoms with Gasteiger partial charge in [-0.1, -0.05) is 12.1 Å². The summed E-state index contributed by atoms with van der Waals surface area (Å²) < 4.78 is 0. The van der Waals surface area contributed by atoms with E-state index in [1.165, 1.54) is 6.08 Å². The van der Waals surface area contributed by atoms with Crippen LogP contribution >= 0.6 is 0 Å². The molecule has 1 amide bonds. The van der Waals surface area contributed by atoms with Crippen LogP contribution < -0.4 is 0 Å². The lowest BCUT2D eigenvalue weighted by Crippen LogP contribution is -2.44. The van der Waals surface area contributed by atoms with Gasteiger partial charge < -0.3 is 10.0 Å². The van der Waals surface area contributed by atoms with Crippen LogP contribution in [0.4, 0.5) is 0 Å². The van der Waals surface area contributed by atoms with Crippen molar-refractivity contribution in [2.24, 2.45) is 0 Å². The number of nitriles is 1. The van der Waals surface area contributed by atoms with Gasteiger partial charge in [0.05, 0.1) is 18.2 Å². The highest BCUT2D eigenvalue weighted by Gasteiger charge is 2.26. The molecule has 0 heterocycles. The predicted molar refractivity (Wildman–Crippen MR) is 76.6 cm³/mol. The molecule has 1 aromatic rings. The molecule has 104 valence electrons. The fourth-order valence-corrected chi connectivity index (χ4v) is 2.25. The molecule has 0 radical (unpaired) electrons. The fraction of sp³-hybridized carbons (Fsp3) is 0.375. The minimum absolute atomic E-state index is 0.0139. The van der Waals surface area contributed by atoms with Gasteiger partial charge >= 0.3 is 0 Å². The van der Waals surface area contributed by atoms with E-state index in [9.17, 15) is 4.79 Å². The zero-order valence-corrected chi connectivity index (χ0v) is 11.3. The molecule has 1 aliphatic carbocycles. The molecule has 0 aromatic heterocycles. The van der Waals surface area contributed by atoms with Gasteiger partial charge in [0.2, 0.25) is 5.91 Å². The zero-order valence-electron chi connectivity index (χ0n) is 11.3. The maximum atomic E-state index is 12.2. The normalized spacial score (nSPS) is 14.8. The van der Waals surface area contributed by atoms with Crippen LogP contribution in [-0.2, 0) is 4.79 Å². The summed E-state index contributed by atoms with van der Waals surface area (Å²) in [6.45, 7) is 0.367. The second kappa shape index (κ2) is 6.88. The molecule has 0 saturated heterocycles. The largest absolute Gasteiger partial charge is 0.395 e. The number of aliphatic hydroxyl groups excluding tert-OH is 1. The van der Waals surface area contributed by atoms with E-state index in [0.717, 1.165) is 24.8 Å². The van der Waals surface area contributed by atoms with Crippen LogP contribution in [0, 0.1) is 11.3 Å². The molecule has 0 atom stereocenters. The van der Waals surface area contributed by atoms with Gasteiger partial charge in [0, 0.05) is 18.7 Å². The SMILES string of the molecule is N#Cc1cccc(/C=C/C(=O)N(CCO)C2CCC2)c1. The first-order valence-electron chi connectivity index (χ1n) is 6.84. The Morgan fingerprint density at radius 1 is 1.50 bits per heavy atom. The van der Waals surface area contributed by atoms with Crippen molar-refractivity contribution >= 4 is 12.0 Å². The van der Waals surface area contributed by atoms with Crippen LogP contribution in [0.3, 0.4) is 0 Å². The van der Waals surface area contributed by atoms with E-state index in [1.807, 2.05) is 6.07 Å². The molecule has 1 saturated carbocycles. The molecule has 4 nitrogen and oxygen atoms in total. The Kier molecular flexibility index (Phi) is 4.91. The average molecular weight is 270 g/mol. The van der Waals surface area contributed by atoms with Crippen LogP contribution in [0.1, 0.15) is 30.4 Å². The van der Waals surface area contributed by atoms with Crippen molar-refractivity contribution in [3.8, 4) is 6.07 Å². The van der Waals surface area contributed by atoms with Crippen LogP contribution in [-0.4, -0.2) is 35.1 Å². The highest BCUT2D eigenvalue weighted by Crippen LogP contribution is 2.24. The summed E-state index contributed by atoms with van der Waals surface area (Å²) in [6, 6.07) is 9.45. The summed E-state index contributed by atoms with van der Waals surface area (Å²) in [5.41, 5.74) is 1.40. The maximum Gasteiger partial charge on any atom is 0.246 e. The Balaban J connectivity index is 2.04. The average Bonchev–Trinajstić information content (AvgIpc) is 2.42. The van der Waals surface area contributed by atoms with E-state index in [0.29, 0.717) is 12.1 Å². The molecular weight excluding hydrogens is 252 g/mol. The maximum absolute atomic E-state index is 12.2. The van der Waals surface area contributed by atoms with E-state index in [2.05, 4.69) is 6.07 Å². The molecule has 0 unspecified atom stereocenters. The van der Waals surface area contributed by atoms with Crippen LogP contribution in [0.15, 0.2) is 30.3 Å². The molecule has 0 aliphatic heterocycles. The molecular formula is C16H18N2O2. The predicted octanol–water partition coefficient (Wildman–Crippen LogP) is 1.94. The van der Waals surface area contributed by atoms with E-state index < -0.39 is 0 Å². The van der Waals surface area contributed by atoms with Crippen molar-refractivity contribution in [3.05, 3.63) is 41.5 Å². The third-order valence-electron chi connectivity index (χ3n) is 3.57. The molecule has 0 bridgehead atoms. The van der Waals surface area contributed by atoms with Crippen molar-refractivity contribution in [2.75, 3.05) is 13.2 Å². The number of hydrogen-bond acceptors (Lipinski definition) is 3. The number of amides is 1. The Morgan fingerprint density at radius 2 is 2.30 bits per heavy atom. The van der Waals surface area contributed by atoms with Crippen molar-refractivity contribution < 1.29 is 9.90 Å². The summed E-state index contributed by atoms with van der Waals surface area (Å²) in [4.78, 5) is 13.9. The van der Waals surface area contributed by atoms with Crippen molar-refractivity contribution in [3.63, 3.8) is 0 Å². The number of aliphatic hydroxyl groups is 1. The Morgan fingerprint density at radius 3 is 2.90 bits per heavy atom. The Hall–Kier alpha value is -2.12. The minimum Gasteiger partial charge on any atom is -0.395 e. The number of carbonyl (C=O) groups excluding carboxylic acids is 1. The van der Waals surface area contributed by atoms with Crippen LogP contribution in [0.2, 0.25) is 0 Å². The van der Waals surface area contributed by atoms with Crippen molar-refractivity contribution in [1.29, 1.82) is 5.26 Å². The third kappa shape index (κ3) is 3.46. The molecule has 20 heavy (non-hydrogen) atoms. The molecule has 2 rings (SSSR count). The number of hydrogen-bond donors (Lipinski definition) is 1. The smallest absolute Gasteiger partial charge is 0.246 e. The highest BCUT2D eigenvalue weighted by molar-refractivity contribution is 5.92. The van der Waals surface area contributed by atoms with Crippen LogP contribution in [0.25, 0.3) is 6.08 Å². The third-order valence-corrected chi connectivity index (χ3v) is 3.57.